The van der Waals surface area contributed by atoms with E-state index < -0.39 is 5.54 Å². The van der Waals surface area contributed by atoms with Crippen LogP contribution >= 0.6 is 0 Å². The predicted octanol–water partition coefficient (Wildman–Crippen LogP) is 3.90. The maximum atomic E-state index is 14.5. The summed E-state index contributed by atoms with van der Waals surface area (Å²) in [6, 6.07) is 12.6. The van der Waals surface area contributed by atoms with Crippen molar-refractivity contribution < 1.29 is 4.39 Å². The van der Waals surface area contributed by atoms with Crippen molar-refractivity contribution in [1.82, 2.24) is 15.2 Å². The Labute approximate surface area is 139 Å². The van der Waals surface area contributed by atoms with Gasteiger partial charge in [-0.1, -0.05) is 31.2 Å². The molecule has 0 bridgehead atoms. The summed E-state index contributed by atoms with van der Waals surface area (Å²) >= 11 is 0. The van der Waals surface area contributed by atoms with Crippen LogP contribution < -0.4 is 0 Å². The van der Waals surface area contributed by atoms with Gasteiger partial charge in [-0.2, -0.15) is 0 Å². The molecule has 2 aromatic carbocycles. The van der Waals surface area contributed by atoms with E-state index in [0.29, 0.717) is 17.1 Å². The molecule has 0 saturated heterocycles. The number of aromatic nitrogens is 3. The summed E-state index contributed by atoms with van der Waals surface area (Å²) < 4.78 is 14.5. The minimum Gasteiger partial charge on any atom is -0.274 e. The third-order valence-electron chi connectivity index (χ3n) is 4.77. The van der Waals surface area contributed by atoms with Gasteiger partial charge in [0.2, 0.25) is 5.82 Å². The Hall–Kier alpha value is -2.69. The van der Waals surface area contributed by atoms with Gasteiger partial charge in [0, 0.05) is 17.0 Å². The van der Waals surface area contributed by atoms with Crippen LogP contribution in [0.2, 0.25) is 0 Å². The molecule has 4 rings (SSSR count). The lowest BCUT2D eigenvalue weighted by Gasteiger charge is -2.35. The quantitative estimate of drug-likeness (QED) is 0.683. The molecule has 4 nitrogen and oxygen atoms in total. The highest BCUT2D eigenvalue weighted by molar-refractivity contribution is 6.13. The Morgan fingerprint density at radius 3 is 2.50 bits per heavy atom. The highest BCUT2D eigenvalue weighted by Crippen LogP contribution is 2.39. The highest BCUT2D eigenvalue weighted by atomic mass is 19.1. The van der Waals surface area contributed by atoms with Gasteiger partial charge in [-0.3, -0.25) is 4.99 Å². The number of hydrogen-bond donors (Lipinski definition) is 0. The minimum absolute atomic E-state index is 0.0362. The number of nitrogens with zero attached hydrogens (tertiary/aromatic N) is 4. The van der Waals surface area contributed by atoms with E-state index in [0.717, 1.165) is 16.6 Å². The first-order valence-electron chi connectivity index (χ1n) is 7.96. The van der Waals surface area contributed by atoms with Crippen molar-refractivity contribution in [3.63, 3.8) is 0 Å². The maximum absolute atomic E-state index is 14.5. The third kappa shape index (κ3) is 2.19. The van der Waals surface area contributed by atoms with E-state index in [4.69, 9.17) is 4.99 Å². The van der Waals surface area contributed by atoms with Gasteiger partial charge in [0.05, 0.1) is 11.1 Å². The van der Waals surface area contributed by atoms with Crippen molar-refractivity contribution >= 4 is 16.7 Å². The first kappa shape index (κ1) is 14.9. The van der Waals surface area contributed by atoms with Crippen LogP contribution in [0.15, 0.2) is 47.5 Å². The number of fused-ring (bicyclic) bond motifs is 2. The summed E-state index contributed by atoms with van der Waals surface area (Å²) in [7, 11) is 0. The number of halogens is 1. The summed E-state index contributed by atoms with van der Waals surface area (Å²) in [5.41, 5.74) is 3.05. The molecular weight excluding hydrogens is 303 g/mol. The fraction of sp³-hybridized carbons (Fsp3) is 0.263. The summed E-state index contributed by atoms with van der Waals surface area (Å²) in [4.78, 5) is 9.43. The Morgan fingerprint density at radius 1 is 0.958 bits per heavy atom. The molecule has 0 spiro atoms. The molecule has 0 amide bonds. The summed E-state index contributed by atoms with van der Waals surface area (Å²) in [6.07, 6.45) is 0. The van der Waals surface area contributed by atoms with Gasteiger partial charge in [0.15, 0.2) is 0 Å². The van der Waals surface area contributed by atoms with Crippen LogP contribution in [0.25, 0.3) is 11.0 Å². The maximum Gasteiger partial charge on any atom is 0.201 e. The lowest BCUT2D eigenvalue weighted by molar-refractivity contribution is 0.417. The molecule has 1 aliphatic heterocycles. The summed E-state index contributed by atoms with van der Waals surface area (Å²) in [5, 5.41) is 8.47. The van der Waals surface area contributed by atoms with Crippen molar-refractivity contribution in [1.29, 1.82) is 0 Å². The van der Waals surface area contributed by atoms with E-state index in [9.17, 15) is 4.39 Å². The minimum atomic E-state index is -0.445. The van der Waals surface area contributed by atoms with Crippen LogP contribution in [0.1, 0.15) is 43.6 Å². The van der Waals surface area contributed by atoms with Crippen molar-refractivity contribution in [2.45, 2.75) is 32.2 Å². The van der Waals surface area contributed by atoms with Crippen LogP contribution in [-0.2, 0) is 0 Å². The van der Waals surface area contributed by atoms with Gasteiger partial charge < -0.3 is 0 Å². The fourth-order valence-corrected chi connectivity index (χ4v) is 3.13. The molecule has 0 saturated carbocycles. The molecule has 1 unspecified atom stereocenters. The van der Waals surface area contributed by atoms with E-state index in [2.05, 4.69) is 15.2 Å². The van der Waals surface area contributed by atoms with Crippen LogP contribution in [0.5, 0.6) is 0 Å². The van der Waals surface area contributed by atoms with Crippen LogP contribution in [0, 0.1) is 5.82 Å². The number of rotatable bonds is 1. The Bertz CT molecular complexity index is 978. The number of aliphatic imine (C=N–C) groups is 1. The summed E-state index contributed by atoms with van der Waals surface area (Å²) in [5.74, 6) is 0.181. The number of hydrogen-bond acceptors (Lipinski definition) is 4. The number of benzene rings is 2. The van der Waals surface area contributed by atoms with Gasteiger partial charge in [-0.05, 0) is 32.0 Å². The third-order valence-corrected chi connectivity index (χ3v) is 4.77. The normalized spacial score (nSPS) is 19.0. The summed E-state index contributed by atoms with van der Waals surface area (Å²) in [6.45, 7) is 6.00. The molecule has 1 aliphatic rings. The molecular formula is C19H17FN4. The second-order valence-corrected chi connectivity index (χ2v) is 6.66. The Morgan fingerprint density at radius 2 is 1.71 bits per heavy atom. The molecule has 0 N–H and O–H groups in total. The molecule has 3 aromatic rings. The average Bonchev–Trinajstić information content (AvgIpc) is 2.58. The molecule has 2 heterocycles. The SMILES string of the molecule is CC1c2c(F)cccc2C(c2nnc3ccccc3n2)=NC1(C)C. The first-order valence-corrected chi connectivity index (χ1v) is 7.96. The molecule has 5 heteroatoms. The van der Waals surface area contributed by atoms with E-state index in [1.54, 1.807) is 6.07 Å². The van der Waals surface area contributed by atoms with Gasteiger partial charge in [0.25, 0.3) is 0 Å². The molecule has 24 heavy (non-hydrogen) atoms. The predicted molar refractivity (Wildman–Crippen MR) is 91.9 cm³/mol. The van der Waals surface area contributed by atoms with E-state index in [-0.39, 0.29) is 11.7 Å². The lowest BCUT2D eigenvalue weighted by atomic mass is 9.77. The van der Waals surface area contributed by atoms with E-state index in [1.807, 2.05) is 51.1 Å². The van der Waals surface area contributed by atoms with Crippen LogP contribution in [-0.4, -0.2) is 26.4 Å². The van der Waals surface area contributed by atoms with Crippen molar-refractivity contribution in [2.24, 2.45) is 4.99 Å². The monoisotopic (exact) mass is 320 g/mol. The number of para-hydroxylation sites is 1. The zero-order valence-corrected chi connectivity index (χ0v) is 13.8. The average molecular weight is 320 g/mol. The lowest BCUT2D eigenvalue weighted by Crippen LogP contribution is -2.34. The first-order chi connectivity index (χ1) is 11.5. The van der Waals surface area contributed by atoms with Gasteiger partial charge in [-0.15, -0.1) is 10.2 Å². The van der Waals surface area contributed by atoms with Crippen LogP contribution in [0.4, 0.5) is 4.39 Å². The smallest absolute Gasteiger partial charge is 0.201 e. The van der Waals surface area contributed by atoms with Crippen molar-refractivity contribution in [2.75, 3.05) is 0 Å². The van der Waals surface area contributed by atoms with Gasteiger partial charge in [-0.25, -0.2) is 9.37 Å². The van der Waals surface area contributed by atoms with E-state index >= 15 is 0 Å². The van der Waals surface area contributed by atoms with E-state index in [1.165, 1.54) is 6.07 Å². The second-order valence-electron chi connectivity index (χ2n) is 6.66. The topological polar surface area (TPSA) is 51.0 Å². The van der Waals surface area contributed by atoms with Gasteiger partial charge in [0.1, 0.15) is 17.0 Å². The van der Waals surface area contributed by atoms with Crippen molar-refractivity contribution in [3.05, 3.63) is 65.2 Å². The highest BCUT2D eigenvalue weighted by Gasteiger charge is 2.37. The standard InChI is InChI=1S/C19H17FN4/c1-11-16-12(7-6-8-13(16)20)17(22-19(11,2)3)18-21-14-9-4-5-10-15(14)23-24-18/h4-11H,1-3H3. The molecule has 0 fully saturated rings. The largest absolute Gasteiger partial charge is 0.274 e. The second kappa shape index (κ2) is 5.16. The van der Waals surface area contributed by atoms with Crippen LogP contribution in [0.3, 0.4) is 0 Å². The molecule has 120 valence electrons. The molecule has 1 atom stereocenters. The Balaban J connectivity index is 1.97. The van der Waals surface area contributed by atoms with Gasteiger partial charge >= 0.3 is 0 Å². The molecule has 1 aromatic heterocycles. The zero-order valence-electron chi connectivity index (χ0n) is 13.8. The Kier molecular flexibility index (Phi) is 3.20. The fourth-order valence-electron chi connectivity index (χ4n) is 3.13. The molecule has 0 aliphatic carbocycles. The molecule has 0 radical (unpaired) electrons. The van der Waals surface area contributed by atoms with Crippen molar-refractivity contribution in [3.8, 4) is 0 Å². The zero-order chi connectivity index (χ0) is 16.9.